The lowest BCUT2D eigenvalue weighted by atomic mass is 10.2. The van der Waals surface area contributed by atoms with Crippen LogP contribution >= 0.6 is 11.8 Å². The molecular formula is C13H18N4S. The molecule has 0 aliphatic carbocycles. The Morgan fingerprint density at radius 3 is 2.89 bits per heavy atom. The summed E-state index contributed by atoms with van der Waals surface area (Å²) in [6, 6.07) is 8.41. The van der Waals surface area contributed by atoms with Crippen molar-refractivity contribution in [1.82, 2.24) is 20.1 Å². The van der Waals surface area contributed by atoms with E-state index in [1.807, 2.05) is 7.05 Å². The molecule has 2 aromatic rings. The molecule has 0 fully saturated rings. The monoisotopic (exact) mass is 262 g/mol. The quantitative estimate of drug-likeness (QED) is 0.812. The van der Waals surface area contributed by atoms with Gasteiger partial charge in [-0.15, -0.1) is 0 Å². The number of nitrogens with zero attached hydrogens (tertiary/aromatic N) is 3. The van der Waals surface area contributed by atoms with E-state index in [4.69, 9.17) is 0 Å². The van der Waals surface area contributed by atoms with E-state index in [9.17, 15) is 0 Å². The second kappa shape index (κ2) is 6.56. The van der Waals surface area contributed by atoms with Crippen LogP contribution in [0, 0.1) is 0 Å². The van der Waals surface area contributed by atoms with E-state index in [0.29, 0.717) is 0 Å². The van der Waals surface area contributed by atoms with E-state index >= 15 is 0 Å². The molecule has 1 aromatic heterocycles. The zero-order valence-corrected chi connectivity index (χ0v) is 11.6. The number of nitrogens with one attached hydrogen (secondary N) is 1. The number of hydrogen-bond donors (Lipinski definition) is 1. The van der Waals surface area contributed by atoms with Gasteiger partial charge in [-0.1, -0.05) is 25.1 Å². The Bertz CT molecular complexity index is 495. The molecule has 0 spiro atoms. The normalized spacial score (nSPS) is 10.8. The van der Waals surface area contributed by atoms with Crippen LogP contribution in [0.5, 0.6) is 0 Å². The molecule has 1 heterocycles. The van der Waals surface area contributed by atoms with Gasteiger partial charge < -0.3 is 5.32 Å². The lowest BCUT2D eigenvalue weighted by molar-refractivity contribution is 0.667. The SMILES string of the molecule is CCCNCc1ccccc1Sc1ncnn1C. The molecule has 0 bridgehead atoms. The third kappa shape index (κ3) is 3.34. The van der Waals surface area contributed by atoms with Crippen molar-refractivity contribution in [1.29, 1.82) is 0 Å². The van der Waals surface area contributed by atoms with Gasteiger partial charge in [-0.3, -0.25) is 0 Å². The van der Waals surface area contributed by atoms with Crippen molar-refractivity contribution in [2.45, 2.75) is 29.9 Å². The first kappa shape index (κ1) is 13.1. The molecule has 5 heteroatoms. The molecule has 1 aromatic carbocycles. The van der Waals surface area contributed by atoms with E-state index in [1.165, 1.54) is 10.5 Å². The van der Waals surface area contributed by atoms with Crippen LogP contribution in [0.4, 0.5) is 0 Å². The van der Waals surface area contributed by atoms with Crippen molar-refractivity contribution in [3.8, 4) is 0 Å². The van der Waals surface area contributed by atoms with Gasteiger partial charge in [0.25, 0.3) is 0 Å². The zero-order valence-electron chi connectivity index (χ0n) is 10.8. The van der Waals surface area contributed by atoms with Gasteiger partial charge >= 0.3 is 0 Å². The number of hydrogen-bond acceptors (Lipinski definition) is 4. The van der Waals surface area contributed by atoms with Gasteiger partial charge in [0.15, 0.2) is 5.16 Å². The van der Waals surface area contributed by atoms with Crippen LogP contribution in [0.1, 0.15) is 18.9 Å². The van der Waals surface area contributed by atoms with E-state index in [0.717, 1.165) is 24.7 Å². The molecule has 0 atom stereocenters. The summed E-state index contributed by atoms with van der Waals surface area (Å²) in [7, 11) is 1.91. The highest BCUT2D eigenvalue weighted by Gasteiger charge is 2.07. The highest BCUT2D eigenvalue weighted by atomic mass is 32.2. The third-order valence-electron chi connectivity index (χ3n) is 2.59. The number of aryl methyl sites for hydroxylation is 1. The molecule has 18 heavy (non-hydrogen) atoms. The van der Waals surface area contributed by atoms with Gasteiger partial charge in [0.1, 0.15) is 6.33 Å². The maximum absolute atomic E-state index is 4.24. The Labute approximate surface area is 112 Å². The summed E-state index contributed by atoms with van der Waals surface area (Å²) in [5.41, 5.74) is 1.30. The predicted molar refractivity (Wildman–Crippen MR) is 73.6 cm³/mol. The number of rotatable bonds is 6. The van der Waals surface area contributed by atoms with Crippen LogP contribution in [0.15, 0.2) is 40.6 Å². The second-order valence-electron chi connectivity index (χ2n) is 4.05. The summed E-state index contributed by atoms with van der Waals surface area (Å²) in [6.45, 7) is 4.12. The molecule has 2 rings (SSSR count). The topological polar surface area (TPSA) is 42.7 Å². The van der Waals surface area contributed by atoms with Crippen LogP contribution < -0.4 is 5.32 Å². The maximum Gasteiger partial charge on any atom is 0.190 e. The van der Waals surface area contributed by atoms with Crippen molar-refractivity contribution in [2.24, 2.45) is 7.05 Å². The fourth-order valence-corrected chi connectivity index (χ4v) is 2.52. The zero-order chi connectivity index (χ0) is 12.8. The minimum Gasteiger partial charge on any atom is -0.313 e. The first-order chi connectivity index (χ1) is 8.81. The van der Waals surface area contributed by atoms with Crippen molar-refractivity contribution >= 4 is 11.8 Å². The molecule has 0 saturated heterocycles. The highest BCUT2D eigenvalue weighted by Crippen LogP contribution is 2.28. The molecular weight excluding hydrogens is 244 g/mol. The molecule has 0 amide bonds. The molecule has 1 N–H and O–H groups in total. The van der Waals surface area contributed by atoms with E-state index < -0.39 is 0 Å². The van der Waals surface area contributed by atoms with Crippen molar-refractivity contribution < 1.29 is 0 Å². The summed E-state index contributed by atoms with van der Waals surface area (Å²) in [5, 5.41) is 8.43. The van der Waals surface area contributed by atoms with Crippen molar-refractivity contribution in [3.05, 3.63) is 36.2 Å². The van der Waals surface area contributed by atoms with Crippen LogP contribution in [0.25, 0.3) is 0 Å². The minimum atomic E-state index is 0.898. The van der Waals surface area contributed by atoms with Crippen molar-refractivity contribution in [3.63, 3.8) is 0 Å². The molecule has 0 aliphatic heterocycles. The molecule has 0 radical (unpaired) electrons. The van der Waals surface area contributed by atoms with E-state index in [-0.39, 0.29) is 0 Å². The number of benzene rings is 1. The van der Waals surface area contributed by atoms with Gasteiger partial charge in [-0.2, -0.15) is 5.10 Å². The van der Waals surface area contributed by atoms with E-state index in [1.54, 1.807) is 22.8 Å². The molecule has 4 nitrogen and oxygen atoms in total. The van der Waals surface area contributed by atoms with Crippen LogP contribution in [0.2, 0.25) is 0 Å². The first-order valence-corrected chi connectivity index (χ1v) is 6.93. The van der Waals surface area contributed by atoms with Crippen LogP contribution in [-0.2, 0) is 13.6 Å². The predicted octanol–water partition coefficient (Wildman–Crippen LogP) is 2.47. The minimum absolute atomic E-state index is 0.898. The van der Waals surface area contributed by atoms with E-state index in [2.05, 4.69) is 46.6 Å². The molecule has 0 aliphatic rings. The van der Waals surface area contributed by atoms with Gasteiger partial charge in [0.05, 0.1) is 0 Å². The Morgan fingerprint density at radius 2 is 2.17 bits per heavy atom. The number of aromatic nitrogens is 3. The van der Waals surface area contributed by atoms with Crippen molar-refractivity contribution in [2.75, 3.05) is 6.54 Å². The Hall–Kier alpha value is -1.33. The standard InChI is InChI=1S/C13H18N4S/c1-3-8-14-9-11-6-4-5-7-12(11)18-13-15-10-16-17(13)2/h4-7,10,14H,3,8-9H2,1-2H3. The third-order valence-corrected chi connectivity index (χ3v) is 3.76. The molecule has 0 saturated carbocycles. The fraction of sp³-hybridized carbons (Fsp3) is 0.385. The summed E-state index contributed by atoms with van der Waals surface area (Å²) < 4.78 is 1.79. The molecule has 96 valence electrons. The first-order valence-electron chi connectivity index (χ1n) is 6.11. The summed E-state index contributed by atoms with van der Waals surface area (Å²) in [5.74, 6) is 0. The van der Waals surface area contributed by atoms with Gasteiger partial charge in [0.2, 0.25) is 0 Å². The Morgan fingerprint density at radius 1 is 1.33 bits per heavy atom. The van der Waals surface area contributed by atoms with Gasteiger partial charge in [0, 0.05) is 18.5 Å². The lowest BCUT2D eigenvalue weighted by Crippen LogP contribution is -2.14. The molecule has 0 unspecified atom stereocenters. The van der Waals surface area contributed by atoms with Crippen LogP contribution in [-0.4, -0.2) is 21.3 Å². The largest absolute Gasteiger partial charge is 0.313 e. The summed E-state index contributed by atoms with van der Waals surface area (Å²) in [6.07, 6.45) is 2.73. The van der Waals surface area contributed by atoms with Gasteiger partial charge in [-0.25, -0.2) is 9.67 Å². The Kier molecular flexibility index (Phi) is 4.78. The average molecular weight is 262 g/mol. The maximum atomic E-state index is 4.24. The second-order valence-corrected chi connectivity index (χ2v) is 5.06. The average Bonchev–Trinajstić information content (AvgIpc) is 2.78. The summed E-state index contributed by atoms with van der Waals surface area (Å²) in [4.78, 5) is 5.48. The summed E-state index contributed by atoms with van der Waals surface area (Å²) >= 11 is 1.65. The smallest absolute Gasteiger partial charge is 0.190 e. The van der Waals surface area contributed by atoms with Crippen LogP contribution in [0.3, 0.4) is 0 Å². The lowest BCUT2D eigenvalue weighted by Gasteiger charge is -2.09. The van der Waals surface area contributed by atoms with Gasteiger partial charge in [-0.05, 0) is 36.4 Å². The fourth-order valence-electron chi connectivity index (χ4n) is 1.63. The highest BCUT2D eigenvalue weighted by molar-refractivity contribution is 7.99. The Balaban J connectivity index is 2.10.